The van der Waals surface area contributed by atoms with Crippen molar-refractivity contribution in [3.63, 3.8) is 0 Å². The van der Waals surface area contributed by atoms with Crippen molar-refractivity contribution in [1.82, 2.24) is 19.7 Å². The van der Waals surface area contributed by atoms with Gasteiger partial charge in [0, 0.05) is 6.61 Å². The van der Waals surface area contributed by atoms with Gasteiger partial charge in [-0.15, -0.1) is 0 Å². The van der Waals surface area contributed by atoms with Gasteiger partial charge in [-0.25, -0.2) is 14.6 Å². The molecule has 0 bridgehead atoms. The van der Waals surface area contributed by atoms with E-state index in [1.807, 2.05) is 0 Å². The molecule has 0 radical (unpaired) electrons. The molecular weight excluding hydrogens is 354 g/mol. The van der Waals surface area contributed by atoms with Crippen LogP contribution in [0.5, 0.6) is 0 Å². The molecule has 5 nitrogen and oxygen atoms in total. The van der Waals surface area contributed by atoms with Gasteiger partial charge in [0.2, 0.25) is 0 Å². The van der Waals surface area contributed by atoms with Gasteiger partial charge in [-0.2, -0.15) is 5.10 Å². The van der Waals surface area contributed by atoms with Gasteiger partial charge in [0.1, 0.15) is 10.7 Å². The Morgan fingerprint density at radius 2 is 2.35 bits per heavy atom. The summed E-state index contributed by atoms with van der Waals surface area (Å²) >= 11 is 8.03. The van der Waals surface area contributed by atoms with Crippen molar-refractivity contribution in [2.24, 2.45) is 0 Å². The molecular formula is C10H10ClIN4O. The highest BCUT2D eigenvalue weighted by atomic mass is 127. The lowest BCUT2D eigenvalue weighted by molar-refractivity contribution is -0.0372. The molecule has 1 aliphatic rings. The highest BCUT2D eigenvalue weighted by molar-refractivity contribution is 14.1. The van der Waals surface area contributed by atoms with E-state index in [0.717, 1.165) is 35.1 Å². The summed E-state index contributed by atoms with van der Waals surface area (Å²) in [5.41, 5.74) is 1.48. The maximum Gasteiger partial charge on any atom is 0.181 e. The van der Waals surface area contributed by atoms with E-state index in [2.05, 4.69) is 37.7 Å². The second-order valence-corrected chi connectivity index (χ2v) is 5.33. The molecule has 2 aromatic rings. The van der Waals surface area contributed by atoms with E-state index in [-0.39, 0.29) is 6.23 Å². The Labute approximate surface area is 117 Å². The monoisotopic (exact) mass is 364 g/mol. The fraction of sp³-hybridized carbons (Fsp3) is 0.500. The number of fused-ring (bicyclic) bond motifs is 1. The summed E-state index contributed by atoms with van der Waals surface area (Å²) in [5, 5.41) is 4.83. The Bertz CT molecular complexity index is 552. The molecule has 0 N–H and O–H groups in total. The van der Waals surface area contributed by atoms with Gasteiger partial charge >= 0.3 is 0 Å². The van der Waals surface area contributed by atoms with Crippen molar-refractivity contribution in [2.45, 2.75) is 25.5 Å². The average molecular weight is 365 g/mol. The molecule has 1 atom stereocenters. The Morgan fingerprint density at radius 3 is 3.12 bits per heavy atom. The van der Waals surface area contributed by atoms with Crippen LogP contribution >= 0.6 is 34.2 Å². The Morgan fingerprint density at radius 1 is 1.47 bits per heavy atom. The predicted octanol–water partition coefficient (Wildman–Crippen LogP) is 2.78. The predicted molar refractivity (Wildman–Crippen MR) is 71.9 cm³/mol. The van der Waals surface area contributed by atoms with Crippen LogP contribution in [-0.4, -0.2) is 26.4 Å². The van der Waals surface area contributed by atoms with Crippen LogP contribution in [0.2, 0.25) is 5.15 Å². The molecule has 90 valence electrons. The second-order valence-electron chi connectivity index (χ2n) is 3.92. The van der Waals surface area contributed by atoms with E-state index in [1.165, 1.54) is 0 Å². The minimum atomic E-state index is -0.0393. The molecule has 0 unspecified atom stereocenters. The van der Waals surface area contributed by atoms with Crippen LogP contribution in [0.15, 0.2) is 6.20 Å². The third-order valence-electron chi connectivity index (χ3n) is 2.76. The summed E-state index contributed by atoms with van der Waals surface area (Å²) in [6.45, 7) is 0.774. The summed E-state index contributed by atoms with van der Waals surface area (Å²) in [4.78, 5) is 8.55. The summed E-state index contributed by atoms with van der Waals surface area (Å²) < 4.78 is 8.34. The number of hydrogen-bond donors (Lipinski definition) is 0. The molecule has 3 heterocycles. The Kier molecular flexibility index (Phi) is 3.18. The lowest BCUT2D eigenvalue weighted by atomic mass is 10.2. The Hall–Kier alpha value is -0.470. The number of rotatable bonds is 1. The molecule has 0 saturated carbocycles. The van der Waals surface area contributed by atoms with Gasteiger partial charge in [-0.1, -0.05) is 11.6 Å². The van der Waals surface area contributed by atoms with E-state index < -0.39 is 0 Å². The quantitative estimate of drug-likeness (QED) is 0.730. The first-order chi connectivity index (χ1) is 8.25. The third-order valence-corrected chi connectivity index (χ3v) is 3.67. The molecule has 3 rings (SSSR count). The van der Waals surface area contributed by atoms with Crippen LogP contribution < -0.4 is 0 Å². The van der Waals surface area contributed by atoms with Crippen LogP contribution in [-0.2, 0) is 4.74 Å². The van der Waals surface area contributed by atoms with E-state index >= 15 is 0 Å². The normalized spacial score (nSPS) is 20.9. The van der Waals surface area contributed by atoms with Gasteiger partial charge in [-0.3, -0.25) is 0 Å². The van der Waals surface area contributed by atoms with Crippen molar-refractivity contribution in [3.8, 4) is 0 Å². The summed E-state index contributed by atoms with van der Waals surface area (Å²) in [7, 11) is 0. The summed E-state index contributed by atoms with van der Waals surface area (Å²) in [5.74, 6) is 0. The van der Waals surface area contributed by atoms with Crippen molar-refractivity contribution in [3.05, 3.63) is 15.1 Å². The highest BCUT2D eigenvalue weighted by Crippen LogP contribution is 2.27. The van der Waals surface area contributed by atoms with E-state index in [1.54, 1.807) is 10.9 Å². The van der Waals surface area contributed by atoms with Crippen molar-refractivity contribution >= 4 is 45.4 Å². The lowest BCUT2D eigenvalue weighted by Gasteiger charge is -2.22. The first kappa shape index (κ1) is 11.6. The van der Waals surface area contributed by atoms with E-state index in [4.69, 9.17) is 16.3 Å². The van der Waals surface area contributed by atoms with Crippen molar-refractivity contribution < 1.29 is 4.74 Å². The smallest absolute Gasteiger partial charge is 0.181 e. The number of aromatic nitrogens is 4. The highest BCUT2D eigenvalue weighted by Gasteiger charge is 2.21. The SMILES string of the molecule is Clc1cnc2c(I)nn([C@@H]3CCCCO3)c2n1. The minimum absolute atomic E-state index is 0.0393. The number of halogens is 2. The molecule has 0 aromatic carbocycles. The maximum absolute atomic E-state index is 5.88. The van der Waals surface area contributed by atoms with Crippen LogP contribution in [0.25, 0.3) is 11.2 Å². The van der Waals surface area contributed by atoms with E-state index in [0.29, 0.717) is 10.8 Å². The average Bonchev–Trinajstić information content (AvgIpc) is 2.67. The fourth-order valence-electron chi connectivity index (χ4n) is 1.97. The molecule has 17 heavy (non-hydrogen) atoms. The molecule has 0 spiro atoms. The molecule has 0 amide bonds. The maximum atomic E-state index is 5.88. The van der Waals surface area contributed by atoms with Crippen molar-refractivity contribution in [2.75, 3.05) is 6.61 Å². The van der Waals surface area contributed by atoms with E-state index in [9.17, 15) is 0 Å². The zero-order chi connectivity index (χ0) is 11.8. The molecule has 1 saturated heterocycles. The van der Waals surface area contributed by atoms with Gasteiger partial charge < -0.3 is 4.74 Å². The topological polar surface area (TPSA) is 52.8 Å². The van der Waals surface area contributed by atoms with Gasteiger partial charge in [0.25, 0.3) is 0 Å². The molecule has 7 heteroatoms. The number of hydrogen-bond acceptors (Lipinski definition) is 4. The summed E-state index contributed by atoms with van der Waals surface area (Å²) in [6.07, 6.45) is 4.72. The fourth-order valence-corrected chi connectivity index (χ4v) is 2.71. The zero-order valence-corrected chi connectivity index (χ0v) is 11.8. The van der Waals surface area contributed by atoms with Crippen LogP contribution in [0.3, 0.4) is 0 Å². The zero-order valence-electron chi connectivity index (χ0n) is 8.94. The lowest BCUT2D eigenvalue weighted by Crippen LogP contribution is -2.19. The van der Waals surface area contributed by atoms with Crippen molar-refractivity contribution in [1.29, 1.82) is 0 Å². The van der Waals surface area contributed by atoms with Crippen LogP contribution in [0.4, 0.5) is 0 Å². The largest absolute Gasteiger partial charge is 0.356 e. The number of nitrogens with zero attached hydrogens (tertiary/aromatic N) is 4. The third kappa shape index (κ3) is 2.13. The van der Waals surface area contributed by atoms with Gasteiger partial charge in [-0.05, 0) is 41.9 Å². The number of ether oxygens (including phenoxy) is 1. The molecule has 1 fully saturated rings. The molecule has 2 aromatic heterocycles. The van der Waals surface area contributed by atoms with Crippen LogP contribution in [0.1, 0.15) is 25.5 Å². The minimum Gasteiger partial charge on any atom is -0.356 e. The second kappa shape index (κ2) is 4.66. The van der Waals surface area contributed by atoms with Gasteiger partial charge in [0.15, 0.2) is 15.6 Å². The standard InChI is InChI=1S/C10H10ClIN4O/c11-6-5-13-8-9(12)15-16(10(8)14-6)7-3-1-2-4-17-7/h5,7H,1-4H2/t7-/m0/s1. The van der Waals surface area contributed by atoms with Crippen LogP contribution in [0, 0.1) is 3.70 Å². The first-order valence-electron chi connectivity index (χ1n) is 5.43. The molecule has 0 aliphatic carbocycles. The molecule has 1 aliphatic heterocycles. The van der Waals surface area contributed by atoms with Gasteiger partial charge in [0.05, 0.1) is 6.20 Å². The first-order valence-corrected chi connectivity index (χ1v) is 6.89. The Balaban J connectivity index is 2.11. The summed E-state index contributed by atoms with van der Waals surface area (Å²) in [6, 6.07) is 0.